The van der Waals surface area contributed by atoms with Gasteiger partial charge in [0.15, 0.2) is 5.16 Å². The Morgan fingerprint density at radius 3 is 2.50 bits per heavy atom. The standard InChI is InChI=1S/C24H17BrN4O2S/c1-15-6-12-18(13-7-15)29-23(30)19-4-2-3-5-20(19)26-24(29)32-14-21-27-22(28-31-21)16-8-10-17(25)11-9-16/h2-13H,14H2,1H3. The molecule has 8 heteroatoms. The lowest BCUT2D eigenvalue weighted by atomic mass is 10.2. The highest BCUT2D eigenvalue weighted by Gasteiger charge is 2.15. The summed E-state index contributed by atoms with van der Waals surface area (Å²) in [5, 5.41) is 5.23. The molecule has 0 bridgehead atoms. The van der Waals surface area contributed by atoms with E-state index in [9.17, 15) is 4.79 Å². The van der Waals surface area contributed by atoms with Crippen molar-refractivity contribution in [1.29, 1.82) is 0 Å². The number of nitrogens with zero attached hydrogens (tertiary/aromatic N) is 4. The van der Waals surface area contributed by atoms with Crippen LogP contribution in [0.1, 0.15) is 11.5 Å². The second-order valence-electron chi connectivity index (χ2n) is 7.19. The maximum absolute atomic E-state index is 13.3. The van der Waals surface area contributed by atoms with Gasteiger partial charge in [-0.25, -0.2) is 4.98 Å². The summed E-state index contributed by atoms with van der Waals surface area (Å²) in [5.41, 5.74) is 3.31. The third-order valence-electron chi connectivity index (χ3n) is 4.93. The predicted molar refractivity (Wildman–Crippen MR) is 129 cm³/mol. The minimum atomic E-state index is -0.108. The highest BCUT2D eigenvalue weighted by atomic mass is 79.9. The molecule has 0 spiro atoms. The molecule has 6 nitrogen and oxygen atoms in total. The Bertz CT molecular complexity index is 1460. The average Bonchev–Trinajstić information content (AvgIpc) is 3.28. The first-order valence-electron chi connectivity index (χ1n) is 9.89. The SMILES string of the molecule is Cc1ccc(-n2c(SCc3nc(-c4ccc(Br)cc4)no3)nc3ccccc3c2=O)cc1. The number of rotatable bonds is 5. The molecule has 3 aromatic carbocycles. The van der Waals surface area contributed by atoms with E-state index in [1.807, 2.05) is 73.7 Å². The molecule has 0 unspecified atom stereocenters. The topological polar surface area (TPSA) is 73.8 Å². The smallest absolute Gasteiger partial charge is 0.266 e. The van der Waals surface area contributed by atoms with Gasteiger partial charge in [-0.2, -0.15) is 4.98 Å². The van der Waals surface area contributed by atoms with Crippen LogP contribution in [0.2, 0.25) is 0 Å². The largest absolute Gasteiger partial charge is 0.338 e. The summed E-state index contributed by atoms with van der Waals surface area (Å²) < 4.78 is 8.06. The summed E-state index contributed by atoms with van der Waals surface area (Å²) in [5.74, 6) is 1.38. The molecule has 0 radical (unpaired) electrons. The Morgan fingerprint density at radius 2 is 1.72 bits per heavy atom. The summed E-state index contributed by atoms with van der Waals surface area (Å²) >= 11 is 4.81. The molecule has 2 aromatic heterocycles. The molecular formula is C24H17BrN4O2S. The monoisotopic (exact) mass is 504 g/mol. The lowest BCUT2D eigenvalue weighted by Crippen LogP contribution is -2.21. The maximum atomic E-state index is 13.3. The van der Waals surface area contributed by atoms with Crippen LogP contribution in [0.3, 0.4) is 0 Å². The van der Waals surface area contributed by atoms with Crippen molar-refractivity contribution in [2.45, 2.75) is 17.8 Å². The van der Waals surface area contributed by atoms with E-state index in [0.717, 1.165) is 21.3 Å². The van der Waals surface area contributed by atoms with E-state index in [2.05, 4.69) is 26.1 Å². The van der Waals surface area contributed by atoms with Crippen molar-refractivity contribution in [1.82, 2.24) is 19.7 Å². The van der Waals surface area contributed by atoms with Crippen LogP contribution in [0.25, 0.3) is 28.0 Å². The first-order valence-corrected chi connectivity index (χ1v) is 11.7. The minimum Gasteiger partial charge on any atom is -0.338 e. The van der Waals surface area contributed by atoms with Gasteiger partial charge in [0.25, 0.3) is 5.56 Å². The molecule has 0 fully saturated rings. The normalized spacial score (nSPS) is 11.2. The van der Waals surface area contributed by atoms with E-state index >= 15 is 0 Å². The molecule has 0 aliphatic heterocycles. The fourth-order valence-electron chi connectivity index (χ4n) is 3.29. The molecule has 5 rings (SSSR count). The Kier molecular flexibility index (Phi) is 5.63. The lowest BCUT2D eigenvalue weighted by molar-refractivity contribution is 0.391. The van der Waals surface area contributed by atoms with Crippen LogP contribution < -0.4 is 5.56 Å². The van der Waals surface area contributed by atoms with Gasteiger partial charge >= 0.3 is 0 Å². The van der Waals surface area contributed by atoms with E-state index in [1.54, 1.807) is 10.6 Å². The van der Waals surface area contributed by atoms with E-state index in [4.69, 9.17) is 9.51 Å². The van der Waals surface area contributed by atoms with Gasteiger partial charge in [0.2, 0.25) is 11.7 Å². The number of benzene rings is 3. The number of aryl methyl sites for hydroxylation is 1. The van der Waals surface area contributed by atoms with E-state index in [-0.39, 0.29) is 5.56 Å². The van der Waals surface area contributed by atoms with Crippen LogP contribution in [0.4, 0.5) is 0 Å². The molecule has 0 aliphatic rings. The fraction of sp³-hybridized carbons (Fsp3) is 0.0833. The number of para-hydroxylation sites is 1. The minimum absolute atomic E-state index is 0.108. The number of fused-ring (bicyclic) bond motifs is 1. The van der Waals surface area contributed by atoms with Gasteiger partial charge < -0.3 is 4.52 Å². The Balaban J connectivity index is 1.50. The second-order valence-corrected chi connectivity index (χ2v) is 9.05. The zero-order chi connectivity index (χ0) is 22.1. The zero-order valence-electron chi connectivity index (χ0n) is 17.0. The van der Waals surface area contributed by atoms with Crippen molar-refractivity contribution in [2.75, 3.05) is 0 Å². The molecule has 0 N–H and O–H groups in total. The summed E-state index contributed by atoms with van der Waals surface area (Å²) in [6.07, 6.45) is 0. The van der Waals surface area contributed by atoms with E-state index in [0.29, 0.717) is 33.5 Å². The molecule has 0 saturated carbocycles. The molecule has 2 heterocycles. The number of halogens is 1. The zero-order valence-corrected chi connectivity index (χ0v) is 19.4. The lowest BCUT2D eigenvalue weighted by Gasteiger charge is -2.12. The molecule has 32 heavy (non-hydrogen) atoms. The van der Waals surface area contributed by atoms with Gasteiger partial charge in [0.05, 0.1) is 22.3 Å². The molecular weight excluding hydrogens is 488 g/mol. The highest BCUT2D eigenvalue weighted by Crippen LogP contribution is 2.26. The van der Waals surface area contributed by atoms with E-state index in [1.165, 1.54) is 11.8 Å². The average molecular weight is 505 g/mol. The Hall–Kier alpha value is -3.23. The second kappa shape index (κ2) is 8.72. The molecule has 0 aliphatic carbocycles. The highest BCUT2D eigenvalue weighted by molar-refractivity contribution is 9.10. The van der Waals surface area contributed by atoms with Crippen molar-refractivity contribution < 1.29 is 4.52 Å². The number of aromatic nitrogens is 4. The molecule has 0 atom stereocenters. The fourth-order valence-corrected chi connectivity index (χ4v) is 4.40. The summed E-state index contributed by atoms with van der Waals surface area (Å²) in [6, 6.07) is 22.9. The van der Waals surface area contributed by atoms with Crippen molar-refractivity contribution in [3.8, 4) is 17.1 Å². The Labute approximate surface area is 196 Å². The Morgan fingerprint density at radius 1 is 0.969 bits per heavy atom. The van der Waals surface area contributed by atoms with Crippen LogP contribution in [-0.2, 0) is 5.75 Å². The van der Waals surface area contributed by atoms with E-state index < -0.39 is 0 Å². The van der Waals surface area contributed by atoms with Gasteiger partial charge in [-0.15, -0.1) is 0 Å². The number of thioether (sulfide) groups is 1. The quantitative estimate of drug-likeness (QED) is 0.222. The van der Waals surface area contributed by atoms with Gasteiger partial charge in [0, 0.05) is 10.0 Å². The van der Waals surface area contributed by atoms with Crippen LogP contribution >= 0.6 is 27.7 Å². The summed E-state index contributed by atoms with van der Waals surface area (Å²) in [6.45, 7) is 2.01. The van der Waals surface area contributed by atoms with Crippen LogP contribution in [0.5, 0.6) is 0 Å². The van der Waals surface area contributed by atoms with Crippen LogP contribution in [0, 0.1) is 6.92 Å². The molecule has 0 amide bonds. The van der Waals surface area contributed by atoms with Crippen LogP contribution in [-0.4, -0.2) is 19.7 Å². The third kappa shape index (κ3) is 4.11. The molecule has 0 saturated heterocycles. The van der Waals surface area contributed by atoms with Crippen molar-refractivity contribution in [2.24, 2.45) is 0 Å². The van der Waals surface area contributed by atoms with Gasteiger partial charge in [-0.05, 0) is 55.5 Å². The maximum Gasteiger partial charge on any atom is 0.266 e. The summed E-state index contributed by atoms with van der Waals surface area (Å²) in [4.78, 5) is 22.6. The molecule has 158 valence electrons. The van der Waals surface area contributed by atoms with Gasteiger partial charge in [-0.3, -0.25) is 9.36 Å². The third-order valence-corrected chi connectivity index (χ3v) is 6.38. The van der Waals surface area contributed by atoms with Crippen molar-refractivity contribution >= 4 is 38.6 Å². The first-order chi connectivity index (χ1) is 15.6. The van der Waals surface area contributed by atoms with Gasteiger partial charge in [-0.1, -0.05) is 62.7 Å². The number of hydrogen-bond acceptors (Lipinski definition) is 6. The summed E-state index contributed by atoms with van der Waals surface area (Å²) in [7, 11) is 0. The molecule has 5 aromatic rings. The van der Waals surface area contributed by atoms with Gasteiger partial charge in [0.1, 0.15) is 0 Å². The first kappa shape index (κ1) is 20.7. The number of hydrogen-bond donors (Lipinski definition) is 0. The van der Waals surface area contributed by atoms with Crippen LogP contribution in [0.15, 0.2) is 91.7 Å². The van der Waals surface area contributed by atoms with Crippen molar-refractivity contribution in [3.63, 3.8) is 0 Å². The van der Waals surface area contributed by atoms with Crippen molar-refractivity contribution in [3.05, 3.63) is 99.1 Å². The predicted octanol–water partition coefficient (Wildman–Crippen LogP) is 5.80.